The van der Waals surface area contributed by atoms with Gasteiger partial charge in [-0.3, -0.25) is 9.59 Å². The highest BCUT2D eigenvalue weighted by atomic mass is 16.5. The van der Waals surface area contributed by atoms with Crippen LogP contribution < -0.4 is 20.9 Å². The number of carbonyl (C=O) groups excluding carboxylic acids is 2. The molecule has 8 heteroatoms. The summed E-state index contributed by atoms with van der Waals surface area (Å²) in [7, 11) is 0. The average Bonchev–Trinajstić information content (AvgIpc) is 2.89. The maximum absolute atomic E-state index is 13.2. The van der Waals surface area contributed by atoms with E-state index >= 15 is 0 Å². The number of aromatic nitrogens is 1. The van der Waals surface area contributed by atoms with Crippen LogP contribution in [0.15, 0.2) is 77.6 Å². The lowest BCUT2D eigenvalue weighted by Crippen LogP contribution is -2.56. The van der Waals surface area contributed by atoms with Crippen LogP contribution in [-0.4, -0.2) is 40.5 Å². The normalized spacial score (nSPS) is 19.1. The van der Waals surface area contributed by atoms with Crippen molar-refractivity contribution < 1.29 is 14.3 Å². The lowest BCUT2D eigenvalue weighted by atomic mass is 9.83. The second-order valence-corrected chi connectivity index (χ2v) is 10.2. The minimum Gasteiger partial charge on any atom is -0.457 e. The zero-order valence-corrected chi connectivity index (χ0v) is 21.1. The summed E-state index contributed by atoms with van der Waals surface area (Å²) < 4.78 is 7.65. The molecule has 0 spiro atoms. The molecular weight excluding hydrogens is 468 g/mol. The molecule has 2 aromatic carbocycles. The fourth-order valence-corrected chi connectivity index (χ4v) is 5.27. The van der Waals surface area contributed by atoms with Crippen LogP contribution in [0.3, 0.4) is 0 Å². The summed E-state index contributed by atoms with van der Waals surface area (Å²) in [4.78, 5) is 40.4. The van der Waals surface area contributed by atoms with E-state index in [1.165, 1.54) is 0 Å². The van der Waals surface area contributed by atoms with Crippen LogP contribution in [0.1, 0.15) is 31.9 Å². The Morgan fingerprint density at radius 2 is 1.62 bits per heavy atom. The summed E-state index contributed by atoms with van der Waals surface area (Å²) in [5.41, 5.74) is 1.63. The van der Waals surface area contributed by atoms with Crippen molar-refractivity contribution in [2.75, 3.05) is 18.4 Å². The molecule has 3 amide bonds. The molecule has 1 fully saturated rings. The molecule has 0 aliphatic carbocycles. The SMILES string of the molecule is CC(C)[C@H](NC(=O)N1C[C@@H]2C[C@H](C1)c1cccc(=O)n1C2)C(=O)Nc1ccc(Oc2ccccc2)cc1. The summed E-state index contributed by atoms with van der Waals surface area (Å²) in [6, 6.07) is 21.0. The van der Waals surface area contributed by atoms with Crippen molar-refractivity contribution in [3.8, 4) is 11.5 Å². The van der Waals surface area contributed by atoms with E-state index in [9.17, 15) is 14.4 Å². The molecule has 2 aliphatic rings. The smallest absolute Gasteiger partial charge is 0.318 e. The third kappa shape index (κ3) is 5.53. The first kappa shape index (κ1) is 24.6. The summed E-state index contributed by atoms with van der Waals surface area (Å²) in [5, 5.41) is 5.87. The molecule has 37 heavy (non-hydrogen) atoms. The number of hydrogen-bond donors (Lipinski definition) is 2. The number of amides is 3. The van der Waals surface area contributed by atoms with Gasteiger partial charge in [0.05, 0.1) is 0 Å². The first-order chi connectivity index (χ1) is 17.9. The molecule has 0 saturated carbocycles. The van der Waals surface area contributed by atoms with E-state index in [0.717, 1.165) is 17.9 Å². The number of benzene rings is 2. The molecular formula is C29H32N4O4. The summed E-state index contributed by atoms with van der Waals surface area (Å²) in [5.74, 6) is 1.37. The molecule has 3 aromatic rings. The minimum absolute atomic E-state index is 0.0151. The molecule has 5 rings (SSSR count). The van der Waals surface area contributed by atoms with Crippen molar-refractivity contribution in [1.29, 1.82) is 0 Å². The first-order valence-corrected chi connectivity index (χ1v) is 12.8. The predicted molar refractivity (Wildman–Crippen MR) is 142 cm³/mol. The average molecular weight is 501 g/mol. The fraction of sp³-hybridized carbons (Fsp3) is 0.345. The second kappa shape index (κ2) is 10.5. The molecule has 3 heterocycles. The first-order valence-electron chi connectivity index (χ1n) is 12.8. The number of para-hydroxylation sites is 1. The fourth-order valence-electron chi connectivity index (χ4n) is 5.27. The molecule has 2 bridgehead atoms. The quantitative estimate of drug-likeness (QED) is 0.524. The zero-order valence-electron chi connectivity index (χ0n) is 21.1. The van der Waals surface area contributed by atoms with Gasteiger partial charge < -0.3 is 24.8 Å². The van der Waals surface area contributed by atoms with Crippen LogP contribution in [0.4, 0.5) is 10.5 Å². The Morgan fingerprint density at radius 3 is 2.35 bits per heavy atom. The molecule has 0 unspecified atom stereocenters. The highest BCUT2D eigenvalue weighted by Crippen LogP contribution is 2.35. The number of nitrogens with one attached hydrogen (secondary N) is 2. The van der Waals surface area contributed by atoms with Crippen LogP contribution in [0.5, 0.6) is 11.5 Å². The number of nitrogens with zero attached hydrogens (tertiary/aromatic N) is 2. The number of piperidine rings is 1. The molecule has 8 nitrogen and oxygen atoms in total. The Balaban J connectivity index is 1.21. The van der Waals surface area contributed by atoms with E-state index < -0.39 is 6.04 Å². The molecule has 1 saturated heterocycles. The van der Waals surface area contributed by atoms with E-state index in [0.29, 0.717) is 31.1 Å². The number of likely N-dealkylation sites (tertiary alicyclic amines) is 1. The number of pyridine rings is 1. The van der Waals surface area contributed by atoms with Gasteiger partial charge in [0.2, 0.25) is 5.91 Å². The zero-order chi connectivity index (χ0) is 25.9. The molecule has 2 N–H and O–H groups in total. The van der Waals surface area contributed by atoms with Crippen molar-refractivity contribution in [2.45, 2.75) is 38.8 Å². The molecule has 1 aromatic heterocycles. The number of urea groups is 1. The van der Waals surface area contributed by atoms with E-state index in [-0.39, 0.29) is 35.3 Å². The minimum atomic E-state index is -0.690. The maximum Gasteiger partial charge on any atom is 0.318 e. The van der Waals surface area contributed by atoms with E-state index in [1.807, 2.05) is 54.8 Å². The summed E-state index contributed by atoms with van der Waals surface area (Å²) >= 11 is 0. The number of hydrogen-bond acceptors (Lipinski definition) is 4. The Bertz CT molecular complexity index is 1320. The van der Waals surface area contributed by atoms with Crippen LogP contribution in [0, 0.1) is 11.8 Å². The molecule has 2 aliphatic heterocycles. The highest BCUT2D eigenvalue weighted by molar-refractivity contribution is 5.97. The van der Waals surface area contributed by atoms with Crippen molar-refractivity contribution >= 4 is 17.6 Å². The van der Waals surface area contributed by atoms with Gasteiger partial charge in [-0.2, -0.15) is 0 Å². The largest absolute Gasteiger partial charge is 0.457 e. The third-order valence-corrected chi connectivity index (χ3v) is 7.10. The van der Waals surface area contributed by atoms with Crippen LogP contribution in [0.25, 0.3) is 0 Å². The Kier molecular flexibility index (Phi) is 6.99. The maximum atomic E-state index is 13.2. The van der Waals surface area contributed by atoms with Crippen molar-refractivity contribution in [1.82, 2.24) is 14.8 Å². The standard InChI is InChI=1S/C29H32N4O4/c1-19(2)27(28(35)30-22-11-13-24(14-12-22)37-23-7-4-3-5-8-23)31-29(36)32-16-20-15-21(18-32)25-9-6-10-26(34)33(25)17-20/h3-14,19-21,27H,15-18H2,1-2H3,(H,30,35)(H,31,36)/t20-,21+,27-/m0/s1. The van der Waals surface area contributed by atoms with E-state index in [1.54, 1.807) is 41.3 Å². The Hall–Kier alpha value is -4.07. The third-order valence-electron chi connectivity index (χ3n) is 7.10. The topological polar surface area (TPSA) is 92.7 Å². The number of fused-ring (bicyclic) bond motifs is 4. The van der Waals surface area contributed by atoms with Crippen molar-refractivity contribution in [3.05, 3.63) is 88.8 Å². The highest BCUT2D eigenvalue weighted by Gasteiger charge is 2.37. The van der Waals surface area contributed by atoms with E-state index in [2.05, 4.69) is 10.6 Å². The van der Waals surface area contributed by atoms with Gasteiger partial charge in [0.1, 0.15) is 17.5 Å². The van der Waals surface area contributed by atoms with Gasteiger partial charge in [-0.15, -0.1) is 0 Å². The Labute approximate surface area is 216 Å². The van der Waals surface area contributed by atoms with E-state index in [4.69, 9.17) is 4.74 Å². The Morgan fingerprint density at radius 1 is 0.892 bits per heavy atom. The van der Waals surface area contributed by atoms with Crippen molar-refractivity contribution in [2.24, 2.45) is 11.8 Å². The van der Waals surface area contributed by atoms with Gasteiger partial charge in [-0.25, -0.2) is 4.79 Å². The van der Waals surface area contributed by atoms with Gasteiger partial charge >= 0.3 is 6.03 Å². The van der Waals surface area contributed by atoms with Gasteiger partial charge in [0, 0.05) is 43.0 Å². The summed E-state index contributed by atoms with van der Waals surface area (Å²) in [6.45, 7) is 5.54. The summed E-state index contributed by atoms with van der Waals surface area (Å²) in [6.07, 6.45) is 0.964. The van der Waals surface area contributed by atoms with Gasteiger partial charge in [-0.1, -0.05) is 38.1 Å². The second-order valence-electron chi connectivity index (χ2n) is 10.2. The number of rotatable bonds is 6. The van der Waals surface area contributed by atoms with Gasteiger partial charge in [-0.05, 0) is 60.7 Å². The van der Waals surface area contributed by atoms with Gasteiger partial charge in [0.25, 0.3) is 5.56 Å². The van der Waals surface area contributed by atoms with Crippen molar-refractivity contribution in [3.63, 3.8) is 0 Å². The number of anilines is 1. The lowest BCUT2D eigenvalue weighted by Gasteiger charge is -2.43. The lowest BCUT2D eigenvalue weighted by molar-refractivity contribution is -0.118. The number of ether oxygens (including phenoxy) is 1. The van der Waals surface area contributed by atoms with Gasteiger partial charge in [0.15, 0.2) is 0 Å². The predicted octanol–water partition coefficient (Wildman–Crippen LogP) is 4.43. The van der Waals surface area contributed by atoms with Crippen LogP contribution >= 0.6 is 0 Å². The van der Waals surface area contributed by atoms with Crippen LogP contribution in [0.2, 0.25) is 0 Å². The monoisotopic (exact) mass is 500 g/mol. The van der Waals surface area contributed by atoms with Crippen LogP contribution in [-0.2, 0) is 11.3 Å². The molecule has 192 valence electrons. The molecule has 3 atom stereocenters. The number of carbonyl (C=O) groups is 2. The molecule has 0 radical (unpaired) electrons.